The summed E-state index contributed by atoms with van der Waals surface area (Å²) in [5.41, 5.74) is 5.97. The van der Waals surface area contributed by atoms with Gasteiger partial charge in [0, 0.05) is 5.69 Å². The van der Waals surface area contributed by atoms with E-state index >= 15 is 0 Å². The predicted molar refractivity (Wildman–Crippen MR) is 70.6 cm³/mol. The van der Waals surface area contributed by atoms with Crippen molar-refractivity contribution < 1.29 is 17.9 Å². The highest BCUT2D eigenvalue weighted by Crippen LogP contribution is 2.33. The van der Waals surface area contributed by atoms with E-state index in [4.69, 9.17) is 5.73 Å². The fourth-order valence-electron chi connectivity index (χ4n) is 1.38. The third kappa shape index (κ3) is 3.98. The van der Waals surface area contributed by atoms with Gasteiger partial charge in [0.05, 0.1) is 16.9 Å². The van der Waals surface area contributed by atoms with Gasteiger partial charge in [-0.1, -0.05) is 0 Å². The van der Waals surface area contributed by atoms with Gasteiger partial charge in [-0.3, -0.25) is 4.98 Å². The Morgan fingerprint density at radius 1 is 1.25 bits per heavy atom. The first-order valence-corrected chi connectivity index (χ1v) is 6.02. The number of halogens is 4. The summed E-state index contributed by atoms with van der Waals surface area (Å²) in [5.74, 6) is 0.272. The number of aromatic nitrogens is 2. The van der Waals surface area contributed by atoms with Gasteiger partial charge in [0.25, 0.3) is 0 Å². The maximum atomic E-state index is 12.1. The Bertz CT molecular complexity index is 621. The Balaban J connectivity index is 2.17. The van der Waals surface area contributed by atoms with Crippen LogP contribution in [-0.4, -0.2) is 16.3 Å². The van der Waals surface area contributed by atoms with Gasteiger partial charge in [-0.05, 0) is 34.1 Å². The quantitative estimate of drug-likeness (QED) is 0.888. The van der Waals surface area contributed by atoms with Gasteiger partial charge in [-0.15, -0.1) is 13.2 Å². The number of rotatable bonds is 3. The molecule has 5 nitrogen and oxygen atoms in total. The molecule has 0 unspecified atom stereocenters. The second kappa shape index (κ2) is 5.53. The van der Waals surface area contributed by atoms with E-state index in [1.54, 1.807) is 0 Å². The fraction of sp³-hybridized carbons (Fsp3) is 0.0909. The number of benzene rings is 1. The number of anilines is 3. The number of nitrogens with one attached hydrogen (secondary N) is 1. The second-order valence-corrected chi connectivity index (χ2v) is 4.50. The van der Waals surface area contributed by atoms with Crippen LogP contribution in [0.2, 0.25) is 0 Å². The molecule has 0 atom stereocenters. The van der Waals surface area contributed by atoms with E-state index in [0.717, 1.165) is 0 Å². The molecule has 1 heterocycles. The molecule has 0 saturated heterocycles. The highest BCUT2D eigenvalue weighted by Gasteiger charge is 2.31. The van der Waals surface area contributed by atoms with Crippen LogP contribution in [0.1, 0.15) is 0 Å². The zero-order valence-electron chi connectivity index (χ0n) is 9.78. The van der Waals surface area contributed by atoms with Gasteiger partial charge in [0.1, 0.15) is 11.6 Å². The van der Waals surface area contributed by atoms with Crippen molar-refractivity contribution in [3.63, 3.8) is 0 Å². The second-order valence-electron chi connectivity index (χ2n) is 3.65. The minimum absolute atomic E-state index is 0.150. The van der Waals surface area contributed by atoms with Crippen LogP contribution in [0.15, 0.2) is 35.1 Å². The Morgan fingerprint density at radius 3 is 2.60 bits per heavy atom. The smallest absolute Gasteiger partial charge is 0.405 e. The van der Waals surface area contributed by atoms with E-state index in [-0.39, 0.29) is 16.0 Å². The van der Waals surface area contributed by atoms with Crippen LogP contribution in [0.25, 0.3) is 0 Å². The summed E-state index contributed by atoms with van der Waals surface area (Å²) in [6.07, 6.45) is -1.93. The molecule has 0 fully saturated rings. The molecule has 1 aromatic heterocycles. The lowest BCUT2D eigenvalue weighted by atomic mass is 10.3. The molecule has 0 spiro atoms. The van der Waals surface area contributed by atoms with Gasteiger partial charge in [-0.2, -0.15) is 0 Å². The molecule has 9 heteroatoms. The number of hydrogen-bond acceptors (Lipinski definition) is 5. The van der Waals surface area contributed by atoms with Crippen LogP contribution >= 0.6 is 15.9 Å². The molecule has 0 bridgehead atoms. The zero-order chi connectivity index (χ0) is 14.8. The largest absolute Gasteiger partial charge is 0.573 e. The van der Waals surface area contributed by atoms with E-state index in [0.29, 0.717) is 11.5 Å². The number of alkyl halides is 3. The lowest BCUT2D eigenvalue weighted by molar-refractivity contribution is -0.274. The molecule has 3 N–H and O–H groups in total. The fourth-order valence-corrected chi connectivity index (χ4v) is 1.83. The van der Waals surface area contributed by atoms with Gasteiger partial charge >= 0.3 is 6.36 Å². The summed E-state index contributed by atoms with van der Waals surface area (Å²) >= 11 is 3.00. The van der Waals surface area contributed by atoms with E-state index < -0.39 is 6.36 Å². The van der Waals surface area contributed by atoms with Crippen molar-refractivity contribution in [2.75, 3.05) is 11.1 Å². The number of hydrogen-bond donors (Lipinski definition) is 2. The van der Waals surface area contributed by atoms with Crippen molar-refractivity contribution in [1.29, 1.82) is 0 Å². The summed E-state index contributed by atoms with van der Waals surface area (Å²) < 4.78 is 40.4. The minimum atomic E-state index is -4.74. The third-order valence-electron chi connectivity index (χ3n) is 2.08. The van der Waals surface area contributed by atoms with E-state index in [9.17, 15) is 13.2 Å². The molecule has 2 aromatic rings. The molecule has 106 valence electrons. The molecule has 20 heavy (non-hydrogen) atoms. The van der Waals surface area contributed by atoms with Crippen LogP contribution < -0.4 is 15.8 Å². The van der Waals surface area contributed by atoms with Crippen molar-refractivity contribution in [2.24, 2.45) is 0 Å². The molecule has 2 rings (SSSR count). The molecule has 0 radical (unpaired) electrons. The van der Waals surface area contributed by atoms with Gasteiger partial charge in [0.2, 0.25) is 0 Å². The molecule has 1 aromatic carbocycles. The van der Waals surface area contributed by atoms with E-state index in [2.05, 4.69) is 36.0 Å². The predicted octanol–water partition coefficient (Wildman–Crippen LogP) is 3.46. The van der Waals surface area contributed by atoms with Crippen molar-refractivity contribution in [3.8, 4) is 5.75 Å². The molecule has 0 amide bonds. The van der Waals surface area contributed by atoms with Crippen LogP contribution in [0, 0.1) is 0 Å². The normalized spacial score (nSPS) is 11.2. The van der Waals surface area contributed by atoms with Gasteiger partial charge in [0.15, 0.2) is 5.82 Å². The summed E-state index contributed by atoms with van der Waals surface area (Å²) in [7, 11) is 0. The first-order chi connectivity index (χ1) is 9.33. The van der Waals surface area contributed by atoms with E-state index in [1.165, 1.54) is 30.6 Å². The Hall–Kier alpha value is -2.03. The average Bonchev–Trinajstić information content (AvgIpc) is 2.31. The molecular formula is C11H8BrF3N4O. The third-order valence-corrected chi connectivity index (χ3v) is 2.70. The SMILES string of the molecule is Nc1cncc(Nc2ccc(OC(F)(F)F)c(Br)c2)n1. The monoisotopic (exact) mass is 348 g/mol. The zero-order valence-corrected chi connectivity index (χ0v) is 11.4. The highest BCUT2D eigenvalue weighted by atomic mass is 79.9. The maximum absolute atomic E-state index is 12.1. The average molecular weight is 349 g/mol. The number of nitrogen functional groups attached to an aromatic ring is 1. The summed E-state index contributed by atoms with van der Waals surface area (Å²) in [6.45, 7) is 0. The van der Waals surface area contributed by atoms with Crippen LogP contribution in [0.4, 0.5) is 30.5 Å². The highest BCUT2D eigenvalue weighted by molar-refractivity contribution is 9.10. The molecular weight excluding hydrogens is 341 g/mol. The van der Waals surface area contributed by atoms with Crippen molar-refractivity contribution in [3.05, 3.63) is 35.1 Å². The van der Waals surface area contributed by atoms with Crippen LogP contribution in [-0.2, 0) is 0 Å². The molecule has 0 aliphatic heterocycles. The topological polar surface area (TPSA) is 73.1 Å². The summed E-state index contributed by atoms with van der Waals surface area (Å²) in [5, 5.41) is 2.86. The molecule has 0 aliphatic carbocycles. The number of ether oxygens (including phenoxy) is 1. The van der Waals surface area contributed by atoms with E-state index in [1.807, 2.05) is 0 Å². The molecule has 0 saturated carbocycles. The summed E-state index contributed by atoms with van der Waals surface area (Å²) in [6, 6.07) is 4.02. The Kier molecular flexibility index (Phi) is 3.98. The van der Waals surface area contributed by atoms with Crippen LogP contribution in [0.3, 0.4) is 0 Å². The van der Waals surface area contributed by atoms with Gasteiger partial charge in [-0.25, -0.2) is 4.98 Å². The Labute approximate surface area is 120 Å². The van der Waals surface area contributed by atoms with Gasteiger partial charge < -0.3 is 15.8 Å². The standard InChI is InChI=1S/C11H8BrF3N4O/c12-7-3-6(1-2-8(7)20-11(13,14)15)18-10-5-17-4-9(16)19-10/h1-5H,(H3,16,18,19). The van der Waals surface area contributed by atoms with Crippen LogP contribution in [0.5, 0.6) is 5.75 Å². The van der Waals surface area contributed by atoms with Crippen molar-refractivity contribution in [1.82, 2.24) is 9.97 Å². The van der Waals surface area contributed by atoms with Crippen molar-refractivity contribution >= 4 is 33.3 Å². The number of nitrogens with two attached hydrogens (primary N) is 1. The van der Waals surface area contributed by atoms with Crippen molar-refractivity contribution in [2.45, 2.75) is 6.36 Å². The number of nitrogens with zero attached hydrogens (tertiary/aromatic N) is 2. The Morgan fingerprint density at radius 2 is 2.00 bits per heavy atom. The minimum Gasteiger partial charge on any atom is -0.405 e. The molecule has 0 aliphatic rings. The summed E-state index contributed by atoms with van der Waals surface area (Å²) in [4.78, 5) is 7.79. The lowest BCUT2D eigenvalue weighted by Gasteiger charge is -2.12. The lowest BCUT2D eigenvalue weighted by Crippen LogP contribution is -2.17. The maximum Gasteiger partial charge on any atom is 0.573 e. The first-order valence-electron chi connectivity index (χ1n) is 5.23. The first kappa shape index (κ1) is 14.4.